The Labute approximate surface area is 90.5 Å². The van der Waals surface area contributed by atoms with Gasteiger partial charge in [0.05, 0.1) is 17.5 Å². The lowest BCUT2D eigenvalue weighted by atomic mass is 10.4. The summed E-state index contributed by atoms with van der Waals surface area (Å²) < 4.78 is 5.18. The molecule has 0 aliphatic heterocycles. The summed E-state index contributed by atoms with van der Waals surface area (Å²) in [5.41, 5.74) is 0. The largest absolute Gasteiger partial charge is 0.461 e. The summed E-state index contributed by atoms with van der Waals surface area (Å²) in [6.07, 6.45) is 5.09. The van der Waals surface area contributed by atoms with Gasteiger partial charge >= 0.3 is 0 Å². The first-order chi connectivity index (χ1) is 6.81. The van der Waals surface area contributed by atoms with Crippen LogP contribution in [-0.2, 0) is 0 Å². The monoisotopic (exact) mass is 226 g/mol. The molecule has 0 aliphatic carbocycles. The first-order valence-electron chi connectivity index (χ1n) is 3.91. The van der Waals surface area contributed by atoms with E-state index >= 15 is 0 Å². The van der Waals surface area contributed by atoms with Gasteiger partial charge < -0.3 is 4.42 Å². The number of hydrogen-bond donors (Lipinski definition) is 0. The second kappa shape index (κ2) is 4.02. The minimum Gasteiger partial charge on any atom is -0.461 e. The number of thioether (sulfide) groups is 1. The van der Waals surface area contributed by atoms with Crippen molar-refractivity contribution in [2.45, 2.75) is 5.03 Å². The van der Waals surface area contributed by atoms with Crippen LogP contribution in [0.25, 0.3) is 11.6 Å². The van der Waals surface area contributed by atoms with Crippen LogP contribution in [0, 0.1) is 0 Å². The summed E-state index contributed by atoms with van der Waals surface area (Å²) in [7, 11) is 0. The first-order valence-corrected chi connectivity index (χ1v) is 5.52. The normalized spacial score (nSPS) is 10.4. The second-order valence-electron chi connectivity index (χ2n) is 2.53. The molecule has 2 aromatic heterocycles. The van der Waals surface area contributed by atoms with Crippen molar-refractivity contribution in [3.05, 3.63) is 29.6 Å². The zero-order valence-corrected chi connectivity index (χ0v) is 8.97. The predicted molar refractivity (Wildman–Crippen MR) is 56.5 cm³/mol. The number of aromatic nitrogens is 2. The number of halogens is 1. The lowest BCUT2D eigenvalue weighted by Gasteiger charge is -2.00. The highest BCUT2D eigenvalue weighted by molar-refractivity contribution is 7.98. The van der Waals surface area contributed by atoms with E-state index in [0.29, 0.717) is 16.6 Å². The molecule has 2 aromatic rings. The molecule has 0 N–H and O–H groups in total. The van der Waals surface area contributed by atoms with E-state index in [9.17, 15) is 0 Å². The van der Waals surface area contributed by atoms with Crippen molar-refractivity contribution < 1.29 is 4.42 Å². The van der Waals surface area contributed by atoms with Crippen molar-refractivity contribution in [3.8, 4) is 11.6 Å². The Morgan fingerprint density at radius 1 is 1.50 bits per heavy atom. The van der Waals surface area contributed by atoms with Gasteiger partial charge in [0.15, 0.2) is 11.6 Å². The van der Waals surface area contributed by atoms with E-state index in [0.717, 1.165) is 5.03 Å². The maximum absolute atomic E-state index is 5.88. The van der Waals surface area contributed by atoms with Crippen LogP contribution < -0.4 is 0 Å². The van der Waals surface area contributed by atoms with E-state index < -0.39 is 0 Å². The van der Waals surface area contributed by atoms with Gasteiger partial charge in [-0.3, -0.25) is 0 Å². The summed E-state index contributed by atoms with van der Waals surface area (Å²) in [5.74, 6) is 1.21. The van der Waals surface area contributed by atoms with Gasteiger partial charge in [-0.1, -0.05) is 11.6 Å². The average molecular weight is 227 g/mol. The van der Waals surface area contributed by atoms with Crippen LogP contribution >= 0.6 is 23.4 Å². The Kier molecular flexibility index (Phi) is 2.74. The fraction of sp³-hybridized carbons (Fsp3) is 0.111. The van der Waals surface area contributed by atoms with Crippen LogP contribution in [-0.4, -0.2) is 16.2 Å². The number of rotatable bonds is 2. The molecule has 0 fully saturated rings. The molecule has 0 aliphatic rings. The molecular formula is C9H7ClN2OS. The Balaban J connectivity index is 2.46. The molecule has 0 radical (unpaired) electrons. The molecule has 2 heterocycles. The molecule has 2 rings (SSSR count). The fourth-order valence-corrected chi connectivity index (χ4v) is 1.77. The van der Waals surface area contributed by atoms with E-state index in [2.05, 4.69) is 9.97 Å². The molecule has 0 saturated carbocycles. The fourth-order valence-electron chi connectivity index (χ4n) is 1.02. The summed E-state index contributed by atoms with van der Waals surface area (Å²) in [4.78, 5) is 8.34. The van der Waals surface area contributed by atoms with E-state index in [1.165, 1.54) is 11.8 Å². The third-order valence-corrected chi connectivity index (χ3v) is 2.73. The molecule has 0 aromatic carbocycles. The van der Waals surface area contributed by atoms with Gasteiger partial charge in [0, 0.05) is 0 Å². The highest BCUT2D eigenvalue weighted by atomic mass is 35.5. The predicted octanol–water partition coefficient (Wildman–Crippen LogP) is 3.11. The average Bonchev–Trinajstić information content (AvgIpc) is 2.71. The van der Waals surface area contributed by atoms with Crippen molar-refractivity contribution in [1.29, 1.82) is 0 Å². The molecular weight excluding hydrogens is 220 g/mol. The van der Waals surface area contributed by atoms with E-state index in [4.69, 9.17) is 16.0 Å². The molecule has 0 saturated heterocycles. The Morgan fingerprint density at radius 2 is 2.36 bits per heavy atom. The minimum atomic E-state index is 0.559. The first kappa shape index (κ1) is 9.55. The third-order valence-electron chi connectivity index (χ3n) is 1.65. The second-order valence-corrected chi connectivity index (χ2v) is 3.73. The maximum Gasteiger partial charge on any atom is 0.196 e. The van der Waals surface area contributed by atoms with Crippen LogP contribution in [0.2, 0.25) is 5.02 Å². The van der Waals surface area contributed by atoms with Gasteiger partial charge in [-0.15, -0.1) is 11.8 Å². The highest BCUT2D eigenvalue weighted by Gasteiger charge is 2.07. The molecule has 0 bridgehead atoms. The Hall–Kier alpha value is -1.00. The summed E-state index contributed by atoms with van der Waals surface area (Å²) in [6, 6.07) is 3.61. The van der Waals surface area contributed by atoms with Crippen molar-refractivity contribution in [3.63, 3.8) is 0 Å². The molecule has 0 amide bonds. The molecule has 0 spiro atoms. The van der Waals surface area contributed by atoms with E-state index in [1.807, 2.05) is 12.3 Å². The maximum atomic E-state index is 5.88. The number of furan rings is 1. The molecule has 5 heteroatoms. The highest BCUT2D eigenvalue weighted by Crippen LogP contribution is 2.25. The minimum absolute atomic E-state index is 0.559. The van der Waals surface area contributed by atoms with Crippen LogP contribution in [0.1, 0.15) is 0 Å². The summed E-state index contributed by atoms with van der Waals surface area (Å²) >= 11 is 7.36. The van der Waals surface area contributed by atoms with Crippen LogP contribution in [0.5, 0.6) is 0 Å². The Morgan fingerprint density at radius 3 is 3.00 bits per heavy atom. The quantitative estimate of drug-likeness (QED) is 0.583. The molecule has 72 valence electrons. The summed E-state index contributed by atoms with van der Waals surface area (Å²) in [6.45, 7) is 0. The SMILES string of the molecule is CSc1nc(-c2ccco2)ncc1Cl. The third kappa shape index (κ3) is 1.76. The molecule has 0 atom stereocenters. The zero-order chi connectivity index (χ0) is 9.97. The van der Waals surface area contributed by atoms with Crippen molar-refractivity contribution in [1.82, 2.24) is 9.97 Å². The summed E-state index contributed by atoms with van der Waals surface area (Å²) in [5, 5.41) is 1.32. The van der Waals surface area contributed by atoms with Crippen molar-refractivity contribution in [2.75, 3.05) is 6.26 Å². The van der Waals surface area contributed by atoms with Crippen molar-refractivity contribution >= 4 is 23.4 Å². The van der Waals surface area contributed by atoms with Gasteiger partial charge in [-0.2, -0.15) is 0 Å². The van der Waals surface area contributed by atoms with Gasteiger partial charge in [-0.05, 0) is 18.4 Å². The smallest absolute Gasteiger partial charge is 0.196 e. The standard InChI is InChI=1S/C9H7ClN2OS/c1-14-9-6(10)5-11-8(12-9)7-3-2-4-13-7/h2-5H,1H3. The molecule has 0 unspecified atom stereocenters. The Bertz CT molecular complexity index is 430. The van der Waals surface area contributed by atoms with Crippen LogP contribution in [0.3, 0.4) is 0 Å². The van der Waals surface area contributed by atoms with Gasteiger partial charge in [0.2, 0.25) is 0 Å². The number of nitrogens with zero attached hydrogens (tertiary/aromatic N) is 2. The lowest BCUT2D eigenvalue weighted by molar-refractivity contribution is 0.576. The zero-order valence-electron chi connectivity index (χ0n) is 7.40. The topological polar surface area (TPSA) is 38.9 Å². The van der Waals surface area contributed by atoms with Gasteiger partial charge in [0.1, 0.15) is 5.03 Å². The molecule has 3 nitrogen and oxygen atoms in total. The number of hydrogen-bond acceptors (Lipinski definition) is 4. The van der Waals surface area contributed by atoms with E-state index in [-0.39, 0.29) is 0 Å². The van der Waals surface area contributed by atoms with Gasteiger partial charge in [0.25, 0.3) is 0 Å². The van der Waals surface area contributed by atoms with Crippen molar-refractivity contribution in [2.24, 2.45) is 0 Å². The van der Waals surface area contributed by atoms with Crippen LogP contribution in [0.15, 0.2) is 34.0 Å². The lowest BCUT2D eigenvalue weighted by Crippen LogP contribution is -1.89. The van der Waals surface area contributed by atoms with Gasteiger partial charge in [-0.25, -0.2) is 9.97 Å². The van der Waals surface area contributed by atoms with Crippen LogP contribution in [0.4, 0.5) is 0 Å². The van der Waals surface area contributed by atoms with E-state index in [1.54, 1.807) is 18.5 Å². The molecule has 14 heavy (non-hydrogen) atoms.